The molecular formula is C14H13F3N4O4. The van der Waals surface area contributed by atoms with Gasteiger partial charge in [-0.3, -0.25) is 15.1 Å². The number of nitro groups is 1. The van der Waals surface area contributed by atoms with Crippen molar-refractivity contribution < 1.29 is 27.6 Å². The van der Waals surface area contributed by atoms with E-state index in [2.05, 4.69) is 10.2 Å². The number of carbonyl (C=O) groups excluding carboxylic acids is 1. The number of esters is 1. The van der Waals surface area contributed by atoms with Crippen molar-refractivity contribution in [3.05, 3.63) is 45.6 Å². The molecule has 134 valence electrons. The molecule has 0 atom stereocenters. The van der Waals surface area contributed by atoms with E-state index in [0.717, 1.165) is 17.3 Å². The van der Waals surface area contributed by atoms with Gasteiger partial charge in [0.2, 0.25) is 0 Å². The van der Waals surface area contributed by atoms with Crippen LogP contribution in [-0.4, -0.2) is 24.5 Å². The molecule has 0 aliphatic heterocycles. The van der Waals surface area contributed by atoms with Crippen LogP contribution in [0.3, 0.4) is 0 Å². The van der Waals surface area contributed by atoms with E-state index >= 15 is 0 Å². The quantitative estimate of drug-likeness (QED) is 0.274. The van der Waals surface area contributed by atoms with Gasteiger partial charge in [0.1, 0.15) is 11.8 Å². The highest BCUT2D eigenvalue weighted by Gasteiger charge is 2.33. The molecule has 0 fully saturated rings. The molecule has 25 heavy (non-hydrogen) atoms. The van der Waals surface area contributed by atoms with Gasteiger partial charge in [-0.1, -0.05) is 0 Å². The Morgan fingerprint density at radius 2 is 2.16 bits per heavy atom. The number of nitrogens with one attached hydrogen (secondary N) is 1. The van der Waals surface area contributed by atoms with E-state index in [1.54, 1.807) is 6.07 Å². The first-order valence-electron chi connectivity index (χ1n) is 6.74. The van der Waals surface area contributed by atoms with Gasteiger partial charge in [0, 0.05) is 19.3 Å². The summed E-state index contributed by atoms with van der Waals surface area (Å²) in [5.74, 6) is -0.909. The topological polar surface area (TPSA) is 108 Å². The van der Waals surface area contributed by atoms with Gasteiger partial charge in [-0.05, 0) is 19.1 Å². The lowest BCUT2D eigenvalue weighted by molar-refractivity contribution is -0.384. The Bertz CT molecular complexity index is 741. The lowest BCUT2D eigenvalue weighted by Crippen LogP contribution is -2.31. The van der Waals surface area contributed by atoms with E-state index in [4.69, 9.17) is 5.26 Å². The van der Waals surface area contributed by atoms with Crippen molar-refractivity contribution in [1.29, 1.82) is 5.26 Å². The minimum atomic E-state index is -4.73. The predicted molar refractivity (Wildman–Crippen MR) is 80.0 cm³/mol. The van der Waals surface area contributed by atoms with Gasteiger partial charge >= 0.3 is 12.1 Å². The zero-order chi connectivity index (χ0) is 19.2. The van der Waals surface area contributed by atoms with Crippen molar-refractivity contribution in [1.82, 2.24) is 5.43 Å². The molecule has 1 rings (SSSR count). The van der Waals surface area contributed by atoms with Crippen LogP contribution in [0.1, 0.15) is 12.5 Å². The molecule has 0 aliphatic rings. The first-order valence-corrected chi connectivity index (χ1v) is 6.74. The molecule has 0 amide bonds. The van der Waals surface area contributed by atoms with Crippen LogP contribution >= 0.6 is 0 Å². The zero-order valence-corrected chi connectivity index (χ0v) is 13.1. The minimum absolute atomic E-state index is 0.0398. The number of nitro benzene ring substituents is 1. The Morgan fingerprint density at radius 3 is 2.64 bits per heavy atom. The zero-order valence-electron chi connectivity index (χ0n) is 13.1. The number of hydrogen-bond acceptors (Lipinski definition) is 7. The molecule has 1 aromatic carbocycles. The number of rotatable bonds is 6. The third kappa shape index (κ3) is 5.10. The van der Waals surface area contributed by atoms with Crippen LogP contribution in [0.4, 0.5) is 24.5 Å². The van der Waals surface area contributed by atoms with Crippen LogP contribution in [0.5, 0.6) is 0 Å². The van der Waals surface area contributed by atoms with Gasteiger partial charge in [0.15, 0.2) is 5.57 Å². The summed E-state index contributed by atoms with van der Waals surface area (Å²) in [6.07, 6.45) is -3.80. The summed E-state index contributed by atoms with van der Waals surface area (Å²) in [4.78, 5) is 21.5. The van der Waals surface area contributed by atoms with Crippen LogP contribution in [0.2, 0.25) is 0 Å². The molecule has 8 nitrogen and oxygen atoms in total. The molecule has 0 bridgehead atoms. The van der Waals surface area contributed by atoms with Crippen molar-refractivity contribution in [3.63, 3.8) is 0 Å². The van der Waals surface area contributed by atoms with Crippen molar-refractivity contribution in [3.8, 4) is 6.07 Å². The summed E-state index contributed by atoms with van der Waals surface area (Å²) in [5, 5.41) is 20.9. The third-order valence-corrected chi connectivity index (χ3v) is 2.88. The normalized spacial score (nSPS) is 11.4. The number of hydrogen-bond donors (Lipinski definition) is 1. The Labute approximate surface area is 140 Å². The first kappa shape index (κ1) is 19.8. The SMILES string of the molecule is CCOC(=O)/C(C#N)=C/NN(C)c1ccc(C(F)(F)F)cc1[N+](=O)[O-]. The number of benzene rings is 1. The largest absolute Gasteiger partial charge is 0.462 e. The summed E-state index contributed by atoms with van der Waals surface area (Å²) in [6, 6.07) is 3.55. The van der Waals surface area contributed by atoms with Gasteiger partial charge in [0.05, 0.1) is 17.1 Å². The van der Waals surface area contributed by atoms with E-state index in [1.165, 1.54) is 14.0 Å². The van der Waals surface area contributed by atoms with Crippen LogP contribution < -0.4 is 10.4 Å². The Kier molecular flexibility index (Phi) is 6.32. The summed E-state index contributed by atoms with van der Waals surface area (Å²) >= 11 is 0. The smallest absolute Gasteiger partial charge is 0.416 e. The number of hydrazine groups is 1. The molecule has 0 aromatic heterocycles. The van der Waals surface area contributed by atoms with E-state index in [9.17, 15) is 28.1 Å². The molecule has 11 heteroatoms. The lowest BCUT2D eigenvalue weighted by Gasteiger charge is -2.19. The number of ether oxygens (including phenoxy) is 1. The van der Waals surface area contributed by atoms with Gasteiger partial charge < -0.3 is 10.2 Å². The molecular weight excluding hydrogens is 345 g/mol. The number of alkyl halides is 3. The third-order valence-electron chi connectivity index (χ3n) is 2.88. The van der Waals surface area contributed by atoms with Crippen molar-refractivity contribution in [2.75, 3.05) is 18.7 Å². The second-order valence-electron chi connectivity index (χ2n) is 4.54. The monoisotopic (exact) mass is 358 g/mol. The standard InChI is InChI=1S/C14H13F3N4O4/c1-3-25-13(22)9(7-18)8-19-20(2)11-5-4-10(14(15,16)17)6-12(11)21(23)24/h4-6,8,19H,3H2,1-2H3/b9-8+. The van der Waals surface area contributed by atoms with Gasteiger partial charge in [-0.2, -0.15) is 18.4 Å². The Hall–Kier alpha value is -3.29. The highest BCUT2D eigenvalue weighted by molar-refractivity contribution is 5.92. The average molecular weight is 358 g/mol. The number of nitriles is 1. The van der Waals surface area contributed by atoms with E-state index in [-0.39, 0.29) is 12.3 Å². The predicted octanol–water partition coefficient (Wildman–Crippen LogP) is 2.52. The summed E-state index contributed by atoms with van der Waals surface area (Å²) in [6.45, 7) is 1.58. The Morgan fingerprint density at radius 1 is 1.52 bits per heavy atom. The van der Waals surface area contributed by atoms with Crippen molar-refractivity contribution >= 4 is 17.3 Å². The molecule has 0 heterocycles. The maximum absolute atomic E-state index is 12.7. The molecule has 1 N–H and O–H groups in total. The lowest BCUT2D eigenvalue weighted by atomic mass is 10.1. The van der Waals surface area contributed by atoms with Gasteiger partial charge in [-0.25, -0.2) is 4.79 Å². The fraction of sp³-hybridized carbons (Fsp3) is 0.286. The summed E-state index contributed by atoms with van der Waals surface area (Å²) < 4.78 is 42.7. The molecule has 0 radical (unpaired) electrons. The maximum Gasteiger partial charge on any atom is 0.416 e. The van der Waals surface area contributed by atoms with E-state index in [1.807, 2.05) is 0 Å². The Balaban J connectivity index is 3.13. The van der Waals surface area contributed by atoms with Gasteiger partial charge in [0.25, 0.3) is 5.69 Å². The number of anilines is 1. The first-order chi connectivity index (χ1) is 11.6. The van der Waals surface area contributed by atoms with Crippen LogP contribution in [0.15, 0.2) is 30.0 Å². The van der Waals surface area contributed by atoms with Crippen molar-refractivity contribution in [2.24, 2.45) is 0 Å². The van der Waals surface area contributed by atoms with Crippen molar-refractivity contribution in [2.45, 2.75) is 13.1 Å². The second-order valence-corrected chi connectivity index (χ2v) is 4.54. The molecule has 1 aromatic rings. The molecule has 0 spiro atoms. The summed E-state index contributed by atoms with van der Waals surface area (Å²) in [7, 11) is 1.27. The van der Waals surface area contributed by atoms with Crippen LogP contribution in [0.25, 0.3) is 0 Å². The average Bonchev–Trinajstić information content (AvgIpc) is 2.54. The van der Waals surface area contributed by atoms with Gasteiger partial charge in [-0.15, -0.1) is 0 Å². The van der Waals surface area contributed by atoms with Crippen LogP contribution in [0, 0.1) is 21.4 Å². The number of nitrogens with zero attached hydrogens (tertiary/aromatic N) is 3. The fourth-order valence-corrected chi connectivity index (χ4v) is 1.71. The number of carbonyl (C=O) groups is 1. The highest BCUT2D eigenvalue weighted by Crippen LogP contribution is 2.35. The molecule has 0 aliphatic carbocycles. The molecule has 0 saturated heterocycles. The highest BCUT2D eigenvalue weighted by atomic mass is 19.4. The maximum atomic E-state index is 12.7. The molecule has 0 saturated carbocycles. The second kappa shape index (κ2) is 8.00. The summed E-state index contributed by atoms with van der Waals surface area (Å²) in [5.41, 5.74) is -0.176. The van der Waals surface area contributed by atoms with E-state index < -0.39 is 33.9 Å². The molecule has 0 unspecified atom stereocenters. The fourth-order valence-electron chi connectivity index (χ4n) is 1.71. The minimum Gasteiger partial charge on any atom is -0.462 e. The van der Waals surface area contributed by atoms with E-state index in [0.29, 0.717) is 12.1 Å². The number of halogens is 3. The van der Waals surface area contributed by atoms with Crippen LogP contribution in [-0.2, 0) is 15.7 Å².